The first-order valence-electron chi connectivity index (χ1n) is 9.69. The van der Waals surface area contributed by atoms with E-state index in [0.29, 0.717) is 19.0 Å². The van der Waals surface area contributed by atoms with Crippen molar-refractivity contribution in [3.05, 3.63) is 41.9 Å². The molecule has 0 aliphatic carbocycles. The van der Waals surface area contributed by atoms with Crippen LogP contribution in [0.3, 0.4) is 0 Å². The van der Waals surface area contributed by atoms with E-state index in [0.717, 1.165) is 56.5 Å². The van der Waals surface area contributed by atoms with E-state index in [1.807, 2.05) is 13.0 Å². The fourth-order valence-corrected chi connectivity index (χ4v) is 3.41. The maximum absolute atomic E-state index is 12.1. The molecule has 0 bridgehead atoms. The van der Waals surface area contributed by atoms with Crippen LogP contribution in [0.15, 0.2) is 30.6 Å². The van der Waals surface area contributed by atoms with Crippen molar-refractivity contribution in [1.82, 2.24) is 20.2 Å². The highest BCUT2D eigenvalue weighted by molar-refractivity contribution is 5.92. The summed E-state index contributed by atoms with van der Waals surface area (Å²) in [4.78, 5) is 25.2. The predicted molar refractivity (Wildman–Crippen MR) is 105 cm³/mol. The van der Waals surface area contributed by atoms with Crippen LogP contribution in [0.25, 0.3) is 0 Å². The van der Waals surface area contributed by atoms with Crippen LogP contribution in [0.4, 0.5) is 5.82 Å². The Morgan fingerprint density at radius 2 is 1.93 bits per heavy atom. The maximum Gasteiger partial charge on any atom is 0.270 e. The first kappa shape index (κ1) is 18.5. The number of carbonyl (C=O) groups is 1. The molecule has 0 atom stereocenters. The number of hydrogen-bond donors (Lipinski definition) is 1. The molecule has 1 saturated heterocycles. The number of fused-ring (bicyclic) bond motifs is 1. The summed E-state index contributed by atoms with van der Waals surface area (Å²) in [6, 6.07) is 7.89. The van der Waals surface area contributed by atoms with Crippen molar-refractivity contribution in [2.75, 3.05) is 44.4 Å². The highest BCUT2D eigenvalue weighted by atomic mass is 16.7. The zero-order valence-electron chi connectivity index (χ0n) is 16.1. The number of aromatic nitrogens is 2. The molecule has 3 heterocycles. The monoisotopic (exact) mass is 383 g/mol. The first-order valence-corrected chi connectivity index (χ1v) is 9.69. The summed E-state index contributed by atoms with van der Waals surface area (Å²) < 4.78 is 10.8. The number of rotatable bonds is 6. The van der Waals surface area contributed by atoms with Gasteiger partial charge in [-0.3, -0.25) is 9.69 Å². The van der Waals surface area contributed by atoms with Crippen molar-refractivity contribution in [3.63, 3.8) is 0 Å². The molecule has 8 nitrogen and oxygen atoms in total. The predicted octanol–water partition coefficient (Wildman–Crippen LogP) is 1.67. The molecule has 0 unspecified atom stereocenters. The second-order valence-electron chi connectivity index (χ2n) is 6.97. The van der Waals surface area contributed by atoms with Gasteiger partial charge in [-0.05, 0) is 24.1 Å². The van der Waals surface area contributed by atoms with Gasteiger partial charge < -0.3 is 19.7 Å². The summed E-state index contributed by atoms with van der Waals surface area (Å²) in [5.41, 5.74) is 1.64. The molecule has 1 amide bonds. The van der Waals surface area contributed by atoms with Gasteiger partial charge in [-0.1, -0.05) is 13.0 Å². The van der Waals surface area contributed by atoms with Crippen molar-refractivity contribution in [2.24, 2.45) is 0 Å². The Morgan fingerprint density at radius 3 is 2.75 bits per heavy atom. The van der Waals surface area contributed by atoms with Crippen molar-refractivity contribution in [2.45, 2.75) is 19.9 Å². The third kappa shape index (κ3) is 4.17. The maximum atomic E-state index is 12.1. The topological polar surface area (TPSA) is 79.8 Å². The summed E-state index contributed by atoms with van der Waals surface area (Å²) in [7, 11) is 0. The summed E-state index contributed by atoms with van der Waals surface area (Å²) in [6.07, 6.45) is 2.37. The Hall–Kier alpha value is -2.87. The largest absolute Gasteiger partial charge is 0.454 e. The van der Waals surface area contributed by atoms with Crippen molar-refractivity contribution in [3.8, 4) is 11.5 Å². The third-order valence-electron chi connectivity index (χ3n) is 4.96. The van der Waals surface area contributed by atoms with Gasteiger partial charge in [-0.15, -0.1) is 0 Å². The molecule has 2 aliphatic heterocycles. The number of amides is 1. The van der Waals surface area contributed by atoms with Crippen molar-refractivity contribution < 1.29 is 14.3 Å². The van der Waals surface area contributed by atoms with Gasteiger partial charge in [0, 0.05) is 45.3 Å². The quantitative estimate of drug-likeness (QED) is 0.813. The molecule has 0 radical (unpaired) electrons. The SMILES string of the molecule is CCCNC(=O)c1cc(N2CCN(Cc3ccc4c(c3)OCO4)CC2)ncn1. The van der Waals surface area contributed by atoms with E-state index in [4.69, 9.17) is 9.47 Å². The van der Waals surface area contributed by atoms with Gasteiger partial charge in [0.05, 0.1) is 0 Å². The molecule has 0 spiro atoms. The second-order valence-corrected chi connectivity index (χ2v) is 6.97. The molecule has 2 aliphatic rings. The molecule has 1 aromatic heterocycles. The van der Waals surface area contributed by atoms with Gasteiger partial charge in [-0.25, -0.2) is 9.97 Å². The lowest BCUT2D eigenvalue weighted by atomic mass is 10.1. The zero-order valence-corrected chi connectivity index (χ0v) is 16.1. The standard InChI is InChI=1S/C20H25N5O3/c1-2-5-21-20(26)16-11-19(23-13-22-16)25-8-6-24(7-9-25)12-15-3-4-17-18(10-15)28-14-27-17/h3-4,10-11,13H,2,5-9,12,14H2,1H3,(H,21,26). The molecular formula is C20H25N5O3. The van der Waals surface area contributed by atoms with Crippen molar-refractivity contribution >= 4 is 11.7 Å². The number of carbonyl (C=O) groups excluding carboxylic acids is 1. The van der Waals surface area contributed by atoms with Gasteiger partial charge >= 0.3 is 0 Å². The molecule has 1 fully saturated rings. The summed E-state index contributed by atoms with van der Waals surface area (Å²) in [5.74, 6) is 2.30. The second kappa shape index (κ2) is 8.43. The molecule has 1 N–H and O–H groups in total. The lowest BCUT2D eigenvalue weighted by Crippen LogP contribution is -2.46. The number of piperazine rings is 1. The van der Waals surface area contributed by atoms with Gasteiger partial charge in [0.25, 0.3) is 5.91 Å². The molecule has 0 saturated carbocycles. The normalized spacial score (nSPS) is 16.2. The molecular weight excluding hydrogens is 358 g/mol. The molecule has 1 aromatic carbocycles. The average molecular weight is 383 g/mol. The number of ether oxygens (including phenoxy) is 2. The Labute approximate surface area is 164 Å². The number of benzene rings is 1. The Morgan fingerprint density at radius 1 is 1.11 bits per heavy atom. The van der Waals surface area contributed by atoms with E-state index in [2.05, 4.69) is 37.2 Å². The Bertz CT molecular complexity index is 836. The van der Waals surface area contributed by atoms with Crippen LogP contribution in [-0.4, -0.2) is 60.3 Å². The van der Waals surface area contributed by atoms with Crippen LogP contribution >= 0.6 is 0 Å². The van der Waals surface area contributed by atoms with Crippen LogP contribution in [0.5, 0.6) is 11.5 Å². The van der Waals surface area contributed by atoms with Gasteiger partial charge in [0.2, 0.25) is 6.79 Å². The number of nitrogens with one attached hydrogen (secondary N) is 1. The Kier molecular flexibility index (Phi) is 5.57. The minimum atomic E-state index is -0.146. The highest BCUT2D eigenvalue weighted by Gasteiger charge is 2.20. The fraction of sp³-hybridized carbons (Fsp3) is 0.450. The average Bonchev–Trinajstić information content (AvgIpc) is 3.20. The minimum Gasteiger partial charge on any atom is -0.454 e. The van der Waals surface area contributed by atoms with Crippen LogP contribution in [0, 0.1) is 0 Å². The van der Waals surface area contributed by atoms with E-state index in [9.17, 15) is 4.79 Å². The molecule has 2 aromatic rings. The lowest BCUT2D eigenvalue weighted by Gasteiger charge is -2.35. The molecule has 4 rings (SSSR count). The fourth-order valence-electron chi connectivity index (χ4n) is 3.41. The van der Waals surface area contributed by atoms with Crippen LogP contribution in [0.1, 0.15) is 29.4 Å². The highest BCUT2D eigenvalue weighted by Crippen LogP contribution is 2.32. The minimum absolute atomic E-state index is 0.146. The molecule has 8 heteroatoms. The van der Waals surface area contributed by atoms with Gasteiger partial charge in [-0.2, -0.15) is 0 Å². The molecule has 148 valence electrons. The van der Waals surface area contributed by atoms with Crippen LogP contribution in [-0.2, 0) is 6.54 Å². The smallest absolute Gasteiger partial charge is 0.270 e. The van der Waals surface area contributed by atoms with Crippen molar-refractivity contribution in [1.29, 1.82) is 0 Å². The zero-order chi connectivity index (χ0) is 19.3. The van der Waals surface area contributed by atoms with E-state index in [1.165, 1.54) is 11.9 Å². The van der Waals surface area contributed by atoms with Crippen LogP contribution in [0.2, 0.25) is 0 Å². The number of hydrogen-bond acceptors (Lipinski definition) is 7. The lowest BCUT2D eigenvalue weighted by molar-refractivity contribution is 0.0948. The third-order valence-corrected chi connectivity index (χ3v) is 4.96. The number of anilines is 1. The Balaban J connectivity index is 1.33. The van der Waals surface area contributed by atoms with Gasteiger partial charge in [0.1, 0.15) is 17.8 Å². The first-order chi connectivity index (χ1) is 13.7. The summed E-state index contributed by atoms with van der Waals surface area (Å²) in [6.45, 7) is 7.42. The summed E-state index contributed by atoms with van der Waals surface area (Å²) >= 11 is 0. The van der Waals surface area contributed by atoms with E-state index < -0.39 is 0 Å². The molecule has 28 heavy (non-hydrogen) atoms. The number of nitrogens with zero attached hydrogens (tertiary/aromatic N) is 4. The summed E-state index contributed by atoms with van der Waals surface area (Å²) in [5, 5.41) is 2.86. The van der Waals surface area contributed by atoms with E-state index in [-0.39, 0.29) is 5.91 Å². The van der Waals surface area contributed by atoms with E-state index in [1.54, 1.807) is 6.07 Å². The van der Waals surface area contributed by atoms with E-state index >= 15 is 0 Å². The van der Waals surface area contributed by atoms with Gasteiger partial charge in [0.15, 0.2) is 11.5 Å². The van der Waals surface area contributed by atoms with Crippen LogP contribution < -0.4 is 19.7 Å².